The van der Waals surface area contributed by atoms with Crippen LogP contribution in [0.15, 0.2) is 47.6 Å². The van der Waals surface area contributed by atoms with Crippen molar-refractivity contribution in [3.8, 4) is 11.5 Å². The van der Waals surface area contributed by atoms with Crippen molar-refractivity contribution in [1.29, 1.82) is 0 Å². The first kappa shape index (κ1) is 12.5. The molecular weight excluding hydrogens is 250 g/mol. The maximum atomic E-state index is 8.41. The molecule has 0 heterocycles. The van der Waals surface area contributed by atoms with Gasteiger partial charge in [0, 0.05) is 5.02 Å². The molecule has 0 spiro atoms. The number of halogens is 1. The van der Waals surface area contributed by atoms with E-state index in [1.165, 1.54) is 6.21 Å². The van der Waals surface area contributed by atoms with Crippen LogP contribution in [0.2, 0.25) is 5.02 Å². The zero-order valence-corrected chi connectivity index (χ0v) is 10.6. The summed E-state index contributed by atoms with van der Waals surface area (Å²) >= 11 is 5.95. The van der Waals surface area contributed by atoms with Crippen LogP contribution in [0.3, 0.4) is 0 Å². The van der Waals surface area contributed by atoms with Crippen LogP contribution in [0, 0.1) is 6.92 Å². The predicted octanol–water partition coefficient (Wildman–Crippen LogP) is 4.25. The van der Waals surface area contributed by atoms with Crippen molar-refractivity contribution in [2.24, 2.45) is 5.16 Å². The monoisotopic (exact) mass is 261 g/mol. The Morgan fingerprint density at radius 2 is 1.78 bits per heavy atom. The molecule has 92 valence electrons. The molecular formula is C14H12ClNO2. The van der Waals surface area contributed by atoms with Gasteiger partial charge in [0.15, 0.2) is 0 Å². The lowest BCUT2D eigenvalue weighted by Crippen LogP contribution is -1.86. The van der Waals surface area contributed by atoms with Crippen molar-refractivity contribution >= 4 is 17.8 Å². The summed E-state index contributed by atoms with van der Waals surface area (Å²) in [5.74, 6) is 1.45. The SMILES string of the molecule is Cc1cc(Oc2ccc(C=NO)cc2)ccc1Cl. The standard InChI is InChI=1S/C14H12ClNO2/c1-10-8-13(6-7-14(10)15)18-12-4-2-11(3-5-12)9-16-17/h2-9,17H,1H3. The van der Waals surface area contributed by atoms with E-state index < -0.39 is 0 Å². The average molecular weight is 262 g/mol. The molecule has 0 saturated heterocycles. The second-order valence-corrected chi connectivity index (χ2v) is 4.23. The van der Waals surface area contributed by atoms with E-state index in [9.17, 15) is 0 Å². The van der Waals surface area contributed by atoms with Crippen molar-refractivity contribution in [3.63, 3.8) is 0 Å². The number of benzene rings is 2. The molecule has 0 unspecified atom stereocenters. The van der Waals surface area contributed by atoms with E-state index in [-0.39, 0.29) is 0 Å². The number of aryl methyl sites for hydroxylation is 1. The van der Waals surface area contributed by atoms with E-state index in [1.807, 2.05) is 19.1 Å². The molecule has 0 aromatic heterocycles. The number of nitrogens with zero attached hydrogens (tertiary/aromatic N) is 1. The number of rotatable bonds is 3. The molecule has 0 bridgehead atoms. The van der Waals surface area contributed by atoms with E-state index in [0.29, 0.717) is 5.75 Å². The first-order valence-corrected chi connectivity index (χ1v) is 5.78. The van der Waals surface area contributed by atoms with Crippen LogP contribution >= 0.6 is 11.6 Å². The van der Waals surface area contributed by atoms with Crippen LogP contribution in [-0.2, 0) is 0 Å². The lowest BCUT2D eigenvalue weighted by molar-refractivity contribution is 0.322. The second-order valence-electron chi connectivity index (χ2n) is 3.83. The molecule has 0 saturated carbocycles. The maximum absolute atomic E-state index is 8.41. The fourth-order valence-corrected chi connectivity index (χ4v) is 1.62. The number of ether oxygens (including phenoxy) is 1. The highest BCUT2D eigenvalue weighted by Crippen LogP contribution is 2.25. The first-order chi connectivity index (χ1) is 8.69. The van der Waals surface area contributed by atoms with Crippen molar-refractivity contribution in [3.05, 3.63) is 58.6 Å². The first-order valence-electron chi connectivity index (χ1n) is 5.40. The molecule has 0 aliphatic carbocycles. The molecule has 0 fully saturated rings. The Morgan fingerprint density at radius 1 is 1.11 bits per heavy atom. The quantitative estimate of drug-likeness (QED) is 0.510. The fraction of sp³-hybridized carbons (Fsp3) is 0.0714. The van der Waals surface area contributed by atoms with E-state index in [0.717, 1.165) is 21.9 Å². The number of oxime groups is 1. The summed E-state index contributed by atoms with van der Waals surface area (Å²) in [6.07, 6.45) is 1.36. The highest BCUT2D eigenvalue weighted by molar-refractivity contribution is 6.31. The van der Waals surface area contributed by atoms with Gasteiger partial charge in [0.25, 0.3) is 0 Å². The molecule has 0 amide bonds. The van der Waals surface area contributed by atoms with Crippen LogP contribution in [0.1, 0.15) is 11.1 Å². The van der Waals surface area contributed by atoms with Gasteiger partial charge in [-0.1, -0.05) is 16.8 Å². The topological polar surface area (TPSA) is 41.8 Å². The average Bonchev–Trinajstić information content (AvgIpc) is 2.37. The summed E-state index contributed by atoms with van der Waals surface area (Å²) in [6, 6.07) is 12.7. The molecule has 0 aliphatic rings. The lowest BCUT2D eigenvalue weighted by atomic mass is 10.2. The number of hydrogen-bond donors (Lipinski definition) is 1. The largest absolute Gasteiger partial charge is 0.457 e. The van der Waals surface area contributed by atoms with Gasteiger partial charge in [0.2, 0.25) is 0 Å². The molecule has 2 aromatic rings. The van der Waals surface area contributed by atoms with Gasteiger partial charge in [-0.2, -0.15) is 0 Å². The minimum absolute atomic E-state index is 0.715. The molecule has 2 aromatic carbocycles. The van der Waals surface area contributed by atoms with Gasteiger partial charge in [-0.25, -0.2) is 0 Å². The lowest BCUT2D eigenvalue weighted by Gasteiger charge is -2.07. The van der Waals surface area contributed by atoms with E-state index in [2.05, 4.69) is 5.16 Å². The van der Waals surface area contributed by atoms with Gasteiger partial charge in [0.1, 0.15) is 11.5 Å². The summed E-state index contributed by atoms with van der Waals surface area (Å²) in [6.45, 7) is 1.93. The Bertz CT molecular complexity index is 565. The normalized spacial score (nSPS) is 10.8. The van der Waals surface area contributed by atoms with Crippen LogP contribution in [-0.4, -0.2) is 11.4 Å². The summed E-state index contributed by atoms with van der Waals surface area (Å²) in [7, 11) is 0. The second kappa shape index (κ2) is 5.56. The molecule has 4 heteroatoms. The molecule has 1 N–H and O–H groups in total. The molecule has 0 aliphatic heterocycles. The summed E-state index contributed by atoms with van der Waals surface area (Å²) in [4.78, 5) is 0. The van der Waals surface area contributed by atoms with Gasteiger partial charge in [-0.05, 0) is 60.5 Å². The van der Waals surface area contributed by atoms with E-state index >= 15 is 0 Å². The van der Waals surface area contributed by atoms with Crippen molar-refractivity contribution < 1.29 is 9.94 Å². The van der Waals surface area contributed by atoms with Crippen LogP contribution < -0.4 is 4.74 Å². The summed E-state index contributed by atoms with van der Waals surface area (Å²) in [5.41, 5.74) is 1.77. The summed E-state index contributed by atoms with van der Waals surface area (Å²) in [5, 5.41) is 12.1. The van der Waals surface area contributed by atoms with Gasteiger partial charge in [-0.15, -0.1) is 0 Å². The Kier molecular flexibility index (Phi) is 3.85. The third-order valence-corrected chi connectivity index (χ3v) is 2.88. The van der Waals surface area contributed by atoms with Crippen molar-refractivity contribution in [2.75, 3.05) is 0 Å². The van der Waals surface area contributed by atoms with Gasteiger partial charge in [-0.3, -0.25) is 0 Å². The van der Waals surface area contributed by atoms with Gasteiger partial charge < -0.3 is 9.94 Å². The maximum Gasteiger partial charge on any atom is 0.127 e. The van der Waals surface area contributed by atoms with Crippen molar-refractivity contribution in [1.82, 2.24) is 0 Å². The highest BCUT2D eigenvalue weighted by atomic mass is 35.5. The fourth-order valence-electron chi connectivity index (χ4n) is 1.51. The summed E-state index contributed by atoms with van der Waals surface area (Å²) < 4.78 is 5.68. The molecule has 2 rings (SSSR count). The van der Waals surface area contributed by atoms with Gasteiger partial charge >= 0.3 is 0 Å². The smallest absolute Gasteiger partial charge is 0.127 e. The molecule has 0 atom stereocenters. The van der Waals surface area contributed by atoms with Crippen LogP contribution in [0.4, 0.5) is 0 Å². The molecule has 0 radical (unpaired) electrons. The third-order valence-electron chi connectivity index (χ3n) is 2.45. The molecule has 18 heavy (non-hydrogen) atoms. The van der Waals surface area contributed by atoms with E-state index in [1.54, 1.807) is 30.3 Å². The Balaban J connectivity index is 2.15. The third kappa shape index (κ3) is 3.02. The van der Waals surface area contributed by atoms with Crippen molar-refractivity contribution in [2.45, 2.75) is 6.92 Å². The van der Waals surface area contributed by atoms with Crippen LogP contribution in [0.25, 0.3) is 0 Å². The van der Waals surface area contributed by atoms with Crippen LogP contribution in [0.5, 0.6) is 11.5 Å². The zero-order chi connectivity index (χ0) is 13.0. The minimum Gasteiger partial charge on any atom is -0.457 e. The van der Waals surface area contributed by atoms with E-state index in [4.69, 9.17) is 21.5 Å². The highest BCUT2D eigenvalue weighted by Gasteiger charge is 2.00. The Morgan fingerprint density at radius 3 is 2.39 bits per heavy atom. The predicted molar refractivity (Wildman–Crippen MR) is 72.1 cm³/mol. The minimum atomic E-state index is 0.715. The molecule has 3 nitrogen and oxygen atoms in total. The Labute approximate surface area is 110 Å². The Hall–Kier alpha value is -2.00. The van der Waals surface area contributed by atoms with Gasteiger partial charge in [0.05, 0.1) is 6.21 Å². The zero-order valence-electron chi connectivity index (χ0n) is 9.80. The number of hydrogen-bond acceptors (Lipinski definition) is 3.